The van der Waals surface area contributed by atoms with Crippen LogP contribution in [0.25, 0.3) is 0 Å². The van der Waals surface area contributed by atoms with Gasteiger partial charge in [-0.05, 0) is 12.8 Å². The summed E-state index contributed by atoms with van der Waals surface area (Å²) in [6.45, 7) is 5.00. The second kappa shape index (κ2) is 8.72. The first-order valence-electron chi connectivity index (χ1n) is 5.19. The van der Waals surface area contributed by atoms with Gasteiger partial charge in [0.2, 0.25) is 13.9 Å². The zero-order valence-electron chi connectivity index (χ0n) is 9.15. The van der Waals surface area contributed by atoms with Crippen LogP contribution in [0.2, 0.25) is 0 Å². The number of nitrogens with zero attached hydrogens (tertiary/aromatic N) is 1. The molecule has 3 radical (unpaired) electrons. The molecule has 3 nitrogen and oxygen atoms in total. The number of unbranched alkanes of at least 4 members (excludes halogenated alkanes) is 1. The number of carbonyl (C=O) groups is 1. The second-order valence-corrected chi connectivity index (χ2v) is 3.63. The molecule has 1 heterocycles. The van der Waals surface area contributed by atoms with Crippen molar-refractivity contribution in [3.05, 3.63) is 6.92 Å². The Labute approximate surface area is 119 Å². The summed E-state index contributed by atoms with van der Waals surface area (Å²) in [5.74, 6) is 0.0296. The van der Waals surface area contributed by atoms with Crippen LogP contribution in [0.5, 0.6) is 0 Å². The molecule has 0 saturated carbocycles. The van der Waals surface area contributed by atoms with Crippen molar-refractivity contribution in [2.24, 2.45) is 0 Å². The van der Waals surface area contributed by atoms with E-state index < -0.39 is 0 Å². The summed E-state index contributed by atoms with van der Waals surface area (Å²) in [5.41, 5.74) is 0. The number of rotatable bonds is 5. The van der Waals surface area contributed by atoms with Gasteiger partial charge in [-0.15, -0.1) is 0 Å². The Morgan fingerprint density at radius 1 is 1.60 bits per heavy atom. The van der Waals surface area contributed by atoms with Gasteiger partial charge in [0.05, 0.1) is 6.61 Å². The minimum atomic E-state index is 0. The fraction of sp³-hybridized carbons (Fsp3) is 0.800. The van der Waals surface area contributed by atoms with Crippen molar-refractivity contribution in [2.75, 3.05) is 13.2 Å². The summed E-state index contributed by atoms with van der Waals surface area (Å²) in [4.78, 5) is 12.6. The molecule has 1 atom stereocenters. The fourth-order valence-electron chi connectivity index (χ4n) is 1.55. The zero-order chi connectivity index (χ0) is 10.4. The number of piperidine rings is 1. The normalized spacial score (nSPS) is 21.3. The molecule has 0 aromatic heterocycles. The van der Waals surface area contributed by atoms with Crippen LogP contribution in [0.4, 0.5) is 0 Å². The van der Waals surface area contributed by atoms with Crippen LogP contribution < -0.4 is 0 Å². The molecule has 1 rings (SSSR count). The van der Waals surface area contributed by atoms with Crippen LogP contribution in [-0.2, 0) is 42.2 Å². The van der Waals surface area contributed by atoms with E-state index in [0.717, 1.165) is 25.7 Å². The molecule has 1 saturated heterocycles. The van der Waals surface area contributed by atoms with Crippen molar-refractivity contribution in [3.63, 3.8) is 0 Å². The Balaban J connectivity index is 0.00000196. The summed E-state index contributed by atoms with van der Waals surface area (Å²) in [6.07, 6.45) is 4.30. The Kier molecular flexibility index (Phi) is 9.06. The van der Waals surface area contributed by atoms with E-state index in [1.807, 2.05) is 0 Å². The Hall–Kier alpha value is 0.599. The van der Waals surface area contributed by atoms with Crippen molar-refractivity contribution >= 4 is 13.9 Å². The van der Waals surface area contributed by atoms with Crippen LogP contribution in [0.3, 0.4) is 0 Å². The van der Waals surface area contributed by atoms with Gasteiger partial charge in [-0.2, -0.15) is 6.42 Å². The fourth-order valence-corrected chi connectivity index (χ4v) is 1.55. The van der Waals surface area contributed by atoms with Gasteiger partial charge in [-0.25, -0.2) is 0 Å². The maximum atomic E-state index is 11.2. The van der Waals surface area contributed by atoms with Gasteiger partial charge in [-0.3, -0.25) is 4.79 Å². The average molecular weight is 283 g/mol. The van der Waals surface area contributed by atoms with Gasteiger partial charge in [-0.1, -0.05) is 6.42 Å². The van der Waals surface area contributed by atoms with Crippen molar-refractivity contribution < 1.29 is 42.2 Å². The predicted molar refractivity (Wildman–Crippen MR) is 55.6 cm³/mol. The molecule has 1 fully saturated rings. The van der Waals surface area contributed by atoms with Crippen molar-refractivity contribution in [3.8, 4) is 0 Å². The SMILES string of the molecule is [B]N1C(=O)CCCC1COCCC[CH2-].[Y]. The molecule has 5 heteroatoms. The molecule has 0 bridgehead atoms. The molecule has 1 aliphatic rings. The topological polar surface area (TPSA) is 29.5 Å². The summed E-state index contributed by atoms with van der Waals surface area (Å²) >= 11 is 0. The first-order valence-corrected chi connectivity index (χ1v) is 5.19. The van der Waals surface area contributed by atoms with Crippen LogP contribution in [0, 0.1) is 6.92 Å². The van der Waals surface area contributed by atoms with E-state index in [-0.39, 0.29) is 44.7 Å². The molecule has 81 valence electrons. The second-order valence-electron chi connectivity index (χ2n) is 3.63. The van der Waals surface area contributed by atoms with E-state index in [1.54, 1.807) is 0 Å². The third kappa shape index (κ3) is 5.46. The monoisotopic (exact) mass is 283 g/mol. The third-order valence-electron chi connectivity index (χ3n) is 2.46. The largest absolute Gasteiger partial charge is 0.392 e. The molecule has 1 unspecified atom stereocenters. The minimum Gasteiger partial charge on any atom is -0.392 e. The first-order chi connectivity index (χ1) is 6.75. The molecule has 0 aromatic carbocycles. The van der Waals surface area contributed by atoms with E-state index >= 15 is 0 Å². The molecular weight excluding hydrogens is 266 g/mol. The van der Waals surface area contributed by atoms with Crippen molar-refractivity contribution in [1.82, 2.24) is 4.81 Å². The Bertz CT molecular complexity index is 192. The summed E-state index contributed by atoms with van der Waals surface area (Å²) < 4.78 is 5.42. The van der Waals surface area contributed by atoms with Crippen molar-refractivity contribution in [1.29, 1.82) is 0 Å². The molecule has 0 aromatic rings. The van der Waals surface area contributed by atoms with Gasteiger partial charge in [0.25, 0.3) is 0 Å². The van der Waals surface area contributed by atoms with E-state index in [9.17, 15) is 4.79 Å². The van der Waals surface area contributed by atoms with Gasteiger partial charge in [0.1, 0.15) is 0 Å². The smallest absolute Gasteiger partial charge is 0.230 e. The van der Waals surface area contributed by atoms with Crippen molar-refractivity contribution in [2.45, 2.75) is 38.1 Å². The Morgan fingerprint density at radius 2 is 2.33 bits per heavy atom. The van der Waals surface area contributed by atoms with E-state index in [0.29, 0.717) is 19.6 Å². The summed E-state index contributed by atoms with van der Waals surface area (Å²) in [6, 6.07) is 0.0704. The maximum absolute atomic E-state index is 11.2. The van der Waals surface area contributed by atoms with Gasteiger partial charge in [0, 0.05) is 51.8 Å². The summed E-state index contributed by atoms with van der Waals surface area (Å²) in [7, 11) is 5.63. The summed E-state index contributed by atoms with van der Waals surface area (Å²) in [5, 5.41) is 0. The third-order valence-corrected chi connectivity index (χ3v) is 2.46. The quantitative estimate of drug-likeness (QED) is 0.429. The molecule has 0 aliphatic carbocycles. The molecular formula is C10H17BNO2Y-. The molecule has 1 amide bonds. The average Bonchev–Trinajstić information content (AvgIpc) is 2.19. The van der Waals surface area contributed by atoms with Gasteiger partial charge >= 0.3 is 0 Å². The first kappa shape index (κ1) is 15.6. The molecule has 0 spiro atoms. The van der Waals surface area contributed by atoms with Gasteiger partial charge in [0.15, 0.2) is 0 Å². The van der Waals surface area contributed by atoms with E-state index in [2.05, 4.69) is 6.92 Å². The number of carbonyl (C=O) groups excluding carboxylic acids is 1. The molecule has 0 N–H and O–H groups in total. The van der Waals surface area contributed by atoms with Crippen LogP contribution in [0.15, 0.2) is 0 Å². The van der Waals surface area contributed by atoms with Crippen LogP contribution in [0.1, 0.15) is 32.1 Å². The number of ether oxygens (including phenoxy) is 1. The number of amides is 1. The molecule has 1 aliphatic heterocycles. The predicted octanol–water partition coefficient (Wildman–Crippen LogP) is 1.08. The van der Waals surface area contributed by atoms with Gasteiger partial charge < -0.3 is 16.5 Å². The zero-order valence-corrected chi connectivity index (χ0v) is 12.0. The number of hydrogen-bond acceptors (Lipinski definition) is 2. The Morgan fingerprint density at radius 3 is 3.00 bits per heavy atom. The van der Waals surface area contributed by atoms with Crippen LogP contribution in [-0.4, -0.2) is 38.0 Å². The minimum absolute atomic E-state index is 0. The number of hydrogen-bond donors (Lipinski definition) is 0. The van der Waals surface area contributed by atoms with E-state index in [1.165, 1.54) is 4.81 Å². The maximum Gasteiger partial charge on any atom is 0.230 e. The standard InChI is InChI=1S/C10H17BNO2.Y/c1-2-3-7-14-8-9-5-4-6-10(13)12(9)11;/h9H,1-8H2;/q-1;. The van der Waals surface area contributed by atoms with Crippen LogP contribution >= 0.6 is 0 Å². The molecule has 15 heavy (non-hydrogen) atoms. The van der Waals surface area contributed by atoms with E-state index in [4.69, 9.17) is 12.7 Å².